The van der Waals surface area contributed by atoms with Gasteiger partial charge in [-0.2, -0.15) is 0 Å². The van der Waals surface area contributed by atoms with Crippen molar-refractivity contribution in [3.63, 3.8) is 0 Å². The van der Waals surface area contributed by atoms with E-state index in [1.807, 2.05) is 0 Å². The summed E-state index contributed by atoms with van der Waals surface area (Å²) in [6, 6.07) is 3.41. The van der Waals surface area contributed by atoms with Crippen LogP contribution in [0, 0.1) is 11.6 Å². The van der Waals surface area contributed by atoms with Crippen LogP contribution in [0.3, 0.4) is 0 Å². The van der Waals surface area contributed by atoms with Crippen LogP contribution < -0.4 is 0 Å². The molecule has 6 heteroatoms. The Hall–Kier alpha value is -0.823. The summed E-state index contributed by atoms with van der Waals surface area (Å²) < 4.78 is 42.7. The lowest BCUT2D eigenvalue weighted by Crippen LogP contribution is -2.41. The predicted octanol–water partition coefficient (Wildman–Crippen LogP) is 1.53. The van der Waals surface area contributed by atoms with E-state index in [9.17, 15) is 8.78 Å². The smallest absolute Gasteiger partial charge is 0.276 e. The van der Waals surface area contributed by atoms with E-state index in [1.165, 1.54) is 12.1 Å². The van der Waals surface area contributed by atoms with E-state index >= 15 is 0 Å². The third-order valence-electron chi connectivity index (χ3n) is 2.46. The van der Waals surface area contributed by atoms with Gasteiger partial charge < -0.3 is 13.9 Å². The molecule has 1 rings (SSSR count). The Bertz CT molecular complexity index is 382. The molecule has 0 aliphatic heterocycles. The fraction of sp³-hybridized carbons (Fsp3) is 0.500. The Kier molecular flexibility index (Phi) is 5.87. The van der Waals surface area contributed by atoms with Gasteiger partial charge in [-0.1, -0.05) is 6.07 Å². The zero-order chi connectivity index (χ0) is 13.6. The van der Waals surface area contributed by atoms with Crippen molar-refractivity contribution < 1.29 is 22.7 Å². The van der Waals surface area contributed by atoms with Crippen molar-refractivity contribution in [2.75, 3.05) is 13.2 Å². The van der Waals surface area contributed by atoms with Crippen LogP contribution in [0.15, 0.2) is 18.2 Å². The van der Waals surface area contributed by atoms with Crippen LogP contribution >= 0.6 is 0 Å². The summed E-state index contributed by atoms with van der Waals surface area (Å²) in [5, 5.41) is 0. The molecule has 0 heterocycles. The lowest BCUT2D eigenvalue weighted by atomic mass is 10.1. The van der Waals surface area contributed by atoms with Gasteiger partial charge in [0.05, 0.1) is 6.42 Å². The molecule has 0 unspecified atom stereocenters. The minimum Gasteiger partial charge on any atom is -0.380 e. The van der Waals surface area contributed by atoms with Gasteiger partial charge in [-0.3, -0.25) is 0 Å². The molecule has 0 fully saturated rings. The minimum atomic E-state index is -1.27. The minimum absolute atomic E-state index is 0.0876. The Morgan fingerprint density at radius 3 is 2.22 bits per heavy atom. The molecule has 0 aromatic heterocycles. The highest BCUT2D eigenvalue weighted by atomic mass is 28.2. The van der Waals surface area contributed by atoms with Crippen molar-refractivity contribution in [2.45, 2.75) is 26.2 Å². The summed E-state index contributed by atoms with van der Waals surface area (Å²) in [6.07, 6.45) is 0.0876. The zero-order valence-corrected chi connectivity index (χ0v) is 12.8. The lowest BCUT2D eigenvalue weighted by Gasteiger charge is -2.32. The third kappa shape index (κ3) is 3.84. The maximum atomic E-state index is 13.6. The summed E-state index contributed by atoms with van der Waals surface area (Å²) in [5.74, 6) is -2.51. The first-order valence-corrected chi connectivity index (χ1v) is 6.65. The highest BCUT2D eigenvalue weighted by Crippen LogP contribution is 2.22. The largest absolute Gasteiger partial charge is 0.380 e. The summed E-state index contributed by atoms with van der Waals surface area (Å²) in [4.78, 5) is 0. The number of ether oxygens (including phenoxy) is 2. The molecule has 0 radical (unpaired) electrons. The standard InChI is InChI=1S/C12H18F2O3Si/c1-3-15-12(17-18,16-4-2)8-9-5-6-10(13)7-11(9)14/h5-7H,3-4,8H2,1-2,18H3. The maximum Gasteiger partial charge on any atom is 0.276 e. The first kappa shape index (κ1) is 15.2. The van der Waals surface area contributed by atoms with E-state index in [1.54, 1.807) is 13.8 Å². The molecule has 0 aliphatic rings. The van der Waals surface area contributed by atoms with Crippen LogP contribution in [-0.4, -0.2) is 29.7 Å². The number of benzene rings is 1. The molecule has 0 N–H and O–H groups in total. The zero-order valence-electron chi connectivity index (χ0n) is 10.8. The Balaban J connectivity index is 2.94. The molecule has 1 aromatic carbocycles. The molecule has 0 saturated carbocycles. The van der Waals surface area contributed by atoms with Gasteiger partial charge in [-0.25, -0.2) is 8.78 Å². The van der Waals surface area contributed by atoms with E-state index in [0.29, 0.717) is 29.3 Å². The van der Waals surface area contributed by atoms with Gasteiger partial charge in [-0.15, -0.1) is 0 Å². The molecule has 18 heavy (non-hydrogen) atoms. The van der Waals surface area contributed by atoms with Crippen molar-refractivity contribution in [1.29, 1.82) is 0 Å². The van der Waals surface area contributed by atoms with Gasteiger partial charge in [0.15, 0.2) is 10.5 Å². The molecule has 0 amide bonds. The first-order chi connectivity index (χ1) is 8.56. The normalized spacial score (nSPS) is 12.0. The Morgan fingerprint density at radius 1 is 1.17 bits per heavy atom. The SMILES string of the molecule is CCOC(Cc1ccc(F)cc1F)(O[SiH3])OCC. The van der Waals surface area contributed by atoms with Crippen molar-refractivity contribution in [3.8, 4) is 0 Å². The second kappa shape index (κ2) is 6.94. The predicted molar refractivity (Wildman–Crippen MR) is 67.1 cm³/mol. The van der Waals surface area contributed by atoms with Crippen LogP contribution in [0.4, 0.5) is 8.78 Å². The summed E-state index contributed by atoms with van der Waals surface area (Å²) in [7, 11) is 0.385. The third-order valence-corrected chi connectivity index (χ3v) is 3.08. The van der Waals surface area contributed by atoms with E-state index < -0.39 is 17.6 Å². The van der Waals surface area contributed by atoms with Gasteiger partial charge in [0, 0.05) is 19.3 Å². The fourth-order valence-corrected chi connectivity index (χ4v) is 2.05. The van der Waals surface area contributed by atoms with Gasteiger partial charge in [0.1, 0.15) is 11.6 Å². The monoisotopic (exact) mass is 276 g/mol. The van der Waals surface area contributed by atoms with E-state index in [4.69, 9.17) is 13.9 Å². The van der Waals surface area contributed by atoms with Gasteiger partial charge >= 0.3 is 0 Å². The molecule has 0 aliphatic carbocycles. The van der Waals surface area contributed by atoms with Gasteiger partial charge in [0.2, 0.25) is 0 Å². The highest BCUT2D eigenvalue weighted by molar-refractivity contribution is 5.98. The average molecular weight is 276 g/mol. The van der Waals surface area contributed by atoms with Crippen molar-refractivity contribution in [3.05, 3.63) is 35.4 Å². The molecule has 0 atom stereocenters. The second-order valence-electron chi connectivity index (χ2n) is 3.67. The summed E-state index contributed by atoms with van der Waals surface area (Å²) >= 11 is 0. The molecule has 0 bridgehead atoms. The van der Waals surface area contributed by atoms with E-state index in [0.717, 1.165) is 6.07 Å². The molecular weight excluding hydrogens is 258 g/mol. The second-order valence-corrected chi connectivity index (χ2v) is 4.07. The van der Waals surface area contributed by atoms with Crippen LogP contribution in [-0.2, 0) is 20.3 Å². The van der Waals surface area contributed by atoms with Crippen LogP contribution in [0.1, 0.15) is 19.4 Å². The van der Waals surface area contributed by atoms with Gasteiger partial charge in [0.25, 0.3) is 5.97 Å². The summed E-state index contributed by atoms with van der Waals surface area (Å²) in [6.45, 7) is 4.36. The molecule has 3 nitrogen and oxygen atoms in total. The molecule has 102 valence electrons. The van der Waals surface area contributed by atoms with Crippen molar-refractivity contribution >= 4 is 10.5 Å². The van der Waals surface area contributed by atoms with E-state index in [-0.39, 0.29) is 6.42 Å². The van der Waals surface area contributed by atoms with Gasteiger partial charge in [-0.05, 0) is 25.5 Å². The fourth-order valence-electron chi connectivity index (χ4n) is 1.67. The molecule has 0 saturated heterocycles. The topological polar surface area (TPSA) is 27.7 Å². The maximum absolute atomic E-state index is 13.6. The highest BCUT2D eigenvalue weighted by Gasteiger charge is 2.32. The van der Waals surface area contributed by atoms with Crippen LogP contribution in [0.25, 0.3) is 0 Å². The number of hydrogen-bond donors (Lipinski definition) is 0. The molecule has 0 spiro atoms. The Labute approximate surface area is 109 Å². The molecular formula is C12H18F2O3Si. The Morgan fingerprint density at radius 2 is 1.78 bits per heavy atom. The number of hydrogen-bond acceptors (Lipinski definition) is 3. The average Bonchev–Trinajstić information content (AvgIpc) is 2.33. The number of rotatable bonds is 7. The quantitative estimate of drug-likeness (QED) is 0.558. The van der Waals surface area contributed by atoms with Crippen LogP contribution in [0.2, 0.25) is 0 Å². The number of halogens is 2. The van der Waals surface area contributed by atoms with Crippen molar-refractivity contribution in [1.82, 2.24) is 0 Å². The molecule has 1 aromatic rings. The van der Waals surface area contributed by atoms with Crippen LogP contribution in [0.5, 0.6) is 0 Å². The lowest BCUT2D eigenvalue weighted by molar-refractivity contribution is -0.339. The van der Waals surface area contributed by atoms with Crippen molar-refractivity contribution in [2.24, 2.45) is 0 Å². The first-order valence-electron chi connectivity index (χ1n) is 5.84. The van der Waals surface area contributed by atoms with E-state index in [2.05, 4.69) is 0 Å². The summed E-state index contributed by atoms with van der Waals surface area (Å²) in [5.41, 5.74) is 0.300.